The van der Waals surface area contributed by atoms with Crippen molar-refractivity contribution in [3.8, 4) is 5.69 Å². The zero-order valence-corrected chi connectivity index (χ0v) is 19.5. The minimum absolute atomic E-state index is 0.409. The van der Waals surface area contributed by atoms with Crippen LogP contribution in [0.15, 0.2) is 72.9 Å². The third-order valence-corrected chi connectivity index (χ3v) is 6.30. The van der Waals surface area contributed by atoms with Gasteiger partial charge >= 0.3 is 6.09 Å². The molecule has 0 saturated carbocycles. The van der Waals surface area contributed by atoms with Gasteiger partial charge in [0.15, 0.2) is 6.10 Å². The average molecular weight is 475 g/mol. The van der Waals surface area contributed by atoms with Crippen molar-refractivity contribution in [3.63, 3.8) is 0 Å². The first-order chi connectivity index (χ1) is 16.4. The van der Waals surface area contributed by atoms with Crippen molar-refractivity contribution in [2.75, 3.05) is 23.0 Å². The summed E-state index contributed by atoms with van der Waals surface area (Å²) in [4.78, 5) is 15.7. The maximum absolute atomic E-state index is 12.7. The van der Waals surface area contributed by atoms with Crippen LogP contribution in [0.3, 0.4) is 0 Å². The largest absolute Gasteiger partial charge is 0.437 e. The molecule has 8 nitrogen and oxygen atoms in total. The summed E-state index contributed by atoms with van der Waals surface area (Å²) in [6.45, 7) is 6.04. The van der Waals surface area contributed by atoms with Crippen molar-refractivity contribution in [3.05, 3.63) is 84.1 Å². The number of ether oxygens (including phenoxy) is 1. The number of nitrogens with zero attached hydrogens (tertiary/aromatic N) is 4. The van der Waals surface area contributed by atoms with E-state index in [2.05, 4.69) is 22.1 Å². The van der Waals surface area contributed by atoms with Gasteiger partial charge in [-0.1, -0.05) is 24.8 Å². The van der Waals surface area contributed by atoms with E-state index in [-0.39, 0.29) is 0 Å². The Morgan fingerprint density at radius 3 is 2.38 bits per heavy atom. The molecule has 2 unspecified atom stereocenters. The van der Waals surface area contributed by atoms with E-state index in [9.17, 15) is 4.79 Å². The van der Waals surface area contributed by atoms with E-state index in [1.165, 1.54) is 9.70 Å². The molecule has 1 saturated heterocycles. The second-order valence-electron chi connectivity index (χ2n) is 8.09. The van der Waals surface area contributed by atoms with Gasteiger partial charge in [-0.15, -0.1) is 26.6 Å². The number of amides is 1. The minimum Gasteiger partial charge on any atom is -0.437 e. The predicted octanol–water partition coefficient (Wildman–Crippen LogP) is 5.17. The van der Waals surface area contributed by atoms with Crippen molar-refractivity contribution < 1.29 is 9.53 Å². The number of nitrogens with two attached hydrogens (primary N) is 1. The lowest BCUT2D eigenvalue weighted by molar-refractivity contribution is 0.144. The maximum Gasteiger partial charge on any atom is 0.419 e. The zero-order chi connectivity index (χ0) is 24.0. The lowest BCUT2D eigenvalue weighted by atomic mass is 10.00. The van der Waals surface area contributed by atoms with Crippen molar-refractivity contribution in [1.29, 1.82) is 0 Å². The van der Waals surface area contributed by atoms with Crippen LogP contribution >= 0.6 is 11.6 Å². The highest BCUT2D eigenvalue weighted by molar-refractivity contribution is 6.22. The van der Waals surface area contributed by atoms with Gasteiger partial charge in [-0.2, -0.15) is 0 Å². The lowest BCUT2D eigenvalue weighted by Gasteiger charge is -2.21. The Labute approximate surface area is 201 Å². The molecule has 1 aromatic heterocycles. The Kier molecular flexibility index (Phi) is 5.37. The molecule has 0 bridgehead atoms. The molecule has 5 rings (SSSR count). The molecular weight excluding hydrogens is 452 g/mol. The van der Waals surface area contributed by atoms with E-state index in [0.29, 0.717) is 28.3 Å². The summed E-state index contributed by atoms with van der Waals surface area (Å²) in [6, 6.07) is 18.7. The van der Waals surface area contributed by atoms with E-state index >= 15 is 0 Å². The van der Waals surface area contributed by atoms with Gasteiger partial charge in [0.1, 0.15) is 22.1 Å². The minimum atomic E-state index is -0.792. The van der Waals surface area contributed by atoms with Crippen molar-refractivity contribution in [2.45, 2.75) is 18.4 Å². The summed E-state index contributed by atoms with van der Waals surface area (Å²) in [5.41, 5.74) is 12.6. The highest BCUT2D eigenvalue weighted by Crippen LogP contribution is 2.42. The van der Waals surface area contributed by atoms with Crippen LogP contribution in [-0.2, 0) is 4.74 Å². The first kappa shape index (κ1) is 21.8. The van der Waals surface area contributed by atoms with Gasteiger partial charge < -0.3 is 15.8 Å². The van der Waals surface area contributed by atoms with Crippen LogP contribution in [0.2, 0.25) is 0 Å². The zero-order valence-electron chi connectivity index (χ0n) is 18.7. The van der Waals surface area contributed by atoms with Crippen LogP contribution in [0.1, 0.15) is 16.5 Å². The predicted molar refractivity (Wildman–Crippen MR) is 134 cm³/mol. The second kappa shape index (κ2) is 8.39. The first-order valence-electron chi connectivity index (χ1n) is 10.7. The number of anilines is 3. The highest BCUT2D eigenvalue weighted by Gasteiger charge is 2.42. The smallest absolute Gasteiger partial charge is 0.419 e. The molecule has 1 amide bonds. The average Bonchev–Trinajstić information content (AvgIpc) is 3.40. The van der Waals surface area contributed by atoms with Crippen LogP contribution in [-0.4, -0.2) is 34.2 Å². The number of halogens is 1. The molecule has 2 atom stereocenters. The fourth-order valence-electron chi connectivity index (χ4n) is 4.08. The molecule has 4 aromatic rings. The first-order valence-corrected chi connectivity index (χ1v) is 11.1. The molecule has 3 aromatic carbocycles. The van der Waals surface area contributed by atoms with Crippen LogP contribution in [0.25, 0.3) is 16.7 Å². The molecule has 3 N–H and O–H groups in total. The standard InChI is InChI=1S/C25H23ClN6O2/c1-14-12-18(23(27)21(13-14)32-29-19-6-4-5-7-20(19)30-32)22(26)24-15(2)31(25(33)34-24)17-10-8-16(28-3)9-11-17/h4-13,22,24,28H,2,27H2,1,3H3. The van der Waals surface area contributed by atoms with Gasteiger partial charge in [0.05, 0.1) is 17.1 Å². The van der Waals surface area contributed by atoms with Crippen molar-refractivity contribution in [2.24, 2.45) is 0 Å². The van der Waals surface area contributed by atoms with Crippen molar-refractivity contribution in [1.82, 2.24) is 15.0 Å². The fraction of sp³-hybridized carbons (Fsp3) is 0.160. The van der Waals surface area contributed by atoms with Crippen LogP contribution < -0.4 is 16.0 Å². The molecule has 2 heterocycles. The van der Waals surface area contributed by atoms with Gasteiger partial charge in [0, 0.05) is 12.7 Å². The number of hydrogen-bond acceptors (Lipinski definition) is 6. The molecule has 1 aliphatic heterocycles. The maximum atomic E-state index is 12.7. The third-order valence-electron chi connectivity index (χ3n) is 5.84. The Balaban J connectivity index is 1.49. The third kappa shape index (κ3) is 3.62. The Morgan fingerprint density at radius 2 is 1.76 bits per heavy atom. The molecule has 0 radical (unpaired) electrons. The summed E-state index contributed by atoms with van der Waals surface area (Å²) >= 11 is 6.88. The Morgan fingerprint density at radius 1 is 1.12 bits per heavy atom. The van der Waals surface area contributed by atoms with E-state index in [1.54, 1.807) is 0 Å². The Bertz CT molecular complexity index is 1380. The van der Waals surface area contributed by atoms with Gasteiger partial charge in [0.2, 0.25) is 0 Å². The number of aryl methyl sites for hydroxylation is 1. The number of carbonyl (C=O) groups is 1. The van der Waals surface area contributed by atoms with Gasteiger partial charge in [-0.3, -0.25) is 0 Å². The number of alkyl halides is 1. The fourth-order valence-corrected chi connectivity index (χ4v) is 4.46. The van der Waals surface area contributed by atoms with Crippen LogP contribution in [0.4, 0.5) is 21.9 Å². The molecular formula is C25H23ClN6O2. The quantitative estimate of drug-likeness (QED) is 0.306. The summed E-state index contributed by atoms with van der Waals surface area (Å²) in [7, 11) is 1.83. The summed E-state index contributed by atoms with van der Waals surface area (Å²) in [5.74, 6) is 0. The molecule has 172 valence electrons. The van der Waals surface area contributed by atoms with Crippen molar-refractivity contribution >= 4 is 45.8 Å². The number of carbonyl (C=O) groups excluding carboxylic acids is 1. The lowest BCUT2D eigenvalue weighted by Crippen LogP contribution is -2.23. The molecule has 0 spiro atoms. The number of cyclic esters (lactones) is 1. The van der Waals surface area contributed by atoms with E-state index in [1.807, 2.05) is 74.6 Å². The molecule has 1 fully saturated rings. The second-order valence-corrected chi connectivity index (χ2v) is 8.57. The monoisotopic (exact) mass is 474 g/mol. The highest BCUT2D eigenvalue weighted by atomic mass is 35.5. The SMILES string of the molecule is C=C1C(C(Cl)c2cc(C)cc(-n3nc4ccccc4n3)c2N)OC(=O)N1c1ccc(NC)cc1. The molecule has 1 aliphatic rings. The van der Waals surface area contributed by atoms with Gasteiger partial charge in [-0.05, 0) is 60.5 Å². The summed E-state index contributed by atoms with van der Waals surface area (Å²) in [5, 5.41) is 11.4. The summed E-state index contributed by atoms with van der Waals surface area (Å²) in [6.07, 6.45) is -1.33. The van der Waals surface area contributed by atoms with E-state index < -0.39 is 17.6 Å². The van der Waals surface area contributed by atoms with E-state index in [4.69, 9.17) is 22.1 Å². The molecule has 0 aliphatic carbocycles. The number of benzene rings is 3. The molecule has 9 heteroatoms. The Hall–Kier alpha value is -4.04. The number of nitrogens with one attached hydrogen (secondary N) is 1. The number of hydrogen-bond donors (Lipinski definition) is 2. The van der Waals surface area contributed by atoms with Crippen LogP contribution in [0.5, 0.6) is 0 Å². The number of rotatable bonds is 5. The number of fused-ring (bicyclic) bond motifs is 1. The summed E-state index contributed by atoms with van der Waals surface area (Å²) < 4.78 is 5.65. The number of aromatic nitrogens is 3. The normalized spacial score (nSPS) is 16.7. The van der Waals surface area contributed by atoms with Gasteiger partial charge in [0.25, 0.3) is 0 Å². The number of nitrogen functional groups attached to an aromatic ring is 1. The van der Waals surface area contributed by atoms with Crippen LogP contribution in [0, 0.1) is 6.92 Å². The van der Waals surface area contributed by atoms with E-state index in [0.717, 1.165) is 22.3 Å². The topological polar surface area (TPSA) is 98.3 Å². The molecule has 34 heavy (non-hydrogen) atoms. The van der Waals surface area contributed by atoms with Gasteiger partial charge in [-0.25, -0.2) is 9.69 Å².